The van der Waals surface area contributed by atoms with E-state index in [-0.39, 0.29) is 0 Å². The van der Waals surface area contributed by atoms with Crippen molar-refractivity contribution in [3.8, 4) is 10.6 Å². The van der Waals surface area contributed by atoms with E-state index in [0.29, 0.717) is 0 Å². The third-order valence-corrected chi connectivity index (χ3v) is 3.53. The van der Waals surface area contributed by atoms with Gasteiger partial charge in [0.2, 0.25) is 0 Å². The number of aromatic nitrogens is 1. The van der Waals surface area contributed by atoms with Gasteiger partial charge in [0.1, 0.15) is 10.8 Å². The van der Waals surface area contributed by atoms with E-state index in [1.54, 1.807) is 11.3 Å². The van der Waals surface area contributed by atoms with Crippen LogP contribution in [0.25, 0.3) is 10.6 Å². The Labute approximate surface area is 86.6 Å². The zero-order valence-corrected chi connectivity index (χ0v) is 8.47. The molecule has 1 aromatic heterocycles. The van der Waals surface area contributed by atoms with Gasteiger partial charge in [-0.05, 0) is 0 Å². The molecule has 2 heterocycles. The molecule has 14 heavy (non-hydrogen) atoms. The zero-order valence-electron chi connectivity index (χ0n) is 7.66. The first kappa shape index (κ1) is 8.00. The number of benzene rings is 1. The third kappa shape index (κ3) is 1.21. The molecule has 0 saturated heterocycles. The van der Waals surface area contributed by atoms with Gasteiger partial charge in [0.25, 0.3) is 0 Å². The lowest BCUT2D eigenvalue weighted by Gasteiger charge is -1.95. The van der Waals surface area contributed by atoms with Gasteiger partial charge in [0, 0.05) is 18.5 Å². The van der Waals surface area contributed by atoms with Gasteiger partial charge >= 0.3 is 0 Å². The molecule has 0 saturated carbocycles. The number of anilines is 1. The van der Waals surface area contributed by atoms with Crippen molar-refractivity contribution in [3.63, 3.8) is 0 Å². The fourth-order valence-electron chi connectivity index (χ4n) is 1.66. The maximum Gasteiger partial charge on any atom is 0.141 e. The van der Waals surface area contributed by atoms with Crippen LogP contribution in [0.3, 0.4) is 0 Å². The minimum absolute atomic E-state index is 1.04. The van der Waals surface area contributed by atoms with Crippen LogP contribution in [0.1, 0.15) is 4.88 Å². The molecule has 0 fully saturated rings. The minimum atomic E-state index is 1.04. The van der Waals surface area contributed by atoms with E-state index in [0.717, 1.165) is 23.8 Å². The summed E-state index contributed by atoms with van der Waals surface area (Å²) >= 11 is 1.80. The lowest BCUT2D eigenvalue weighted by molar-refractivity contribution is 1.12. The number of fused-ring (bicyclic) bond motifs is 1. The number of thiazole rings is 1. The van der Waals surface area contributed by atoms with Crippen molar-refractivity contribution in [2.24, 2.45) is 0 Å². The molecule has 3 heteroatoms. The average Bonchev–Trinajstić information content (AvgIpc) is 2.78. The molecule has 1 aromatic carbocycles. The summed E-state index contributed by atoms with van der Waals surface area (Å²) in [6.07, 6.45) is 1.12. The Morgan fingerprint density at radius 1 is 1.21 bits per heavy atom. The summed E-state index contributed by atoms with van der Waals surface area (Å²) in [5.41, 5.74) is 1.22. The van der Waals surface area contributed by atoms with Gasteiger partial charge in [-0.2, -0.15) is 0 Å². The summed E-state index contributed by atoms with van der Waals surface area (Å²) in [6.45, 7) is 1.04. The molecule has 2 nitrogen and oxygen atoms in total. The van der Waals surface area contributed by atoms with E-state index in [1.165, 1.54) is 10.4 Å². The molecular formula is C11H10N2S. The highest BCUT2D eigenvalue weighted by Crippen LogP contribution is 2.33. The summed E-state index contributed by atoms with van der Waals surface area (Å²) in [5, 5.41) is 4.42. The van der Waals surface area contributed by atoms with Crippen LogP contribution in [0.5, 0.6) is 0 Å². The molecule has 1 aliphatic heterocycles. The highest BCUT2D eigenvalue weighted by atomic mass is 32.1. The van der Waals surface area contributed by atoms with Crippen LogP contribution in [-0.4, -0.2) is 11.5 Å². The predicted octanol–water partition coefficient (Wildman–Crippen LogP) is 2.78. The molecular weight excluding hydrogens is 192 g/mol. The maximum atomic E-state index is 4.57. The highest BCUT2D eigenvalue weighted by molar-refractivity contribution is 7.15. The van der Waals surface area contributed by atoms with E-state index in [9.17, 15) is 0 Å². The molecule has 0 amide bonds. The largest absolute Gasteiger partial charge is 0.369 e. The molecule has 1 N–H and O–H groups in total. The first-order valence-electron chi connectivity index (χ1n) is 4.72. The molecule has 0 bridgehead atoms. The molecule has 0 radical (unpaired) electrons. The number of nitrogens with one attached hydrogen (secondary N) is 1. The first-order chi connectivity index (χ1) is 6.93. The molecule has 70 valence electrons. The Kier molecular flexibility index (Phi) is 1.77. The monoisotopic (exact) mass is 202 g/mol. The van der Waals surface area contributed by atoms with Crippen LogP contribution in [0.2, 0.25) is 0 Å². The zero-order chi connectivity index (χ0) is 9.38. The smallest absolute Gasteiger partial charge is 0.141 e. The van der Waals surface area contributed by atoms with Crippen LogP contribution in [0.15, 0.2) is 30.3 Å². The van der Waals surface area contributed by atoms with Gasteiger partial charge in [-0.3, -0.25) is 0 Å². The van der Waals surface area contributed by atoms with E-state index in [2.05, 4.69) is 34.6 Å². The van der Waals surface area contributed by atoms with Crippen LogP contribution in [-0.2, 0) is 6.42 Å². The number of nitrogens with zero attached hydrogens (tertiary/aromatic N) is 1. The number of rotatable bonds is 1. The Morgan fingerprint density at radius 3 is 2.86 bits per heavy atom. The van der Waals surface area contributed by atoms with Crippen molar-refractivity contribution in [2.75, 3.05) is 11.9 Å². The number of hydrogen-bond donors (Lipinski definition) is 1. The topological polar surface area (TPSA) is 24.9 Å². The third-order valence-electron chi connectivity index (χ3n) is 2.36. The summed E-state index contributed by atoms with van der Waals surface area (Å²) < 4.78 is 0. The predicted molar refractivity (Wildman–Crippen MR) is 59.7 cm³/mol. The molecule has 0 atom stereocenters. The Morgan fingerprint density at radius 2 is 2.07 bits per heavy atom. The molecule has 3 rings (SSSR count). The van der Waals surface area contributed by atoms with Gasteiger partial charge in [0.15, 0.2) is 0 Å². The second-order valence-electron chi connectivity index (χ2n) is 3.33. The maximum absolute atomic E-state index is 4.57. The first-order valence-corrected chi connectivity index (χ1v) is 5.54. The lowest BCUT2D eigenvalue weighted by Crippen LogP contribution is -1.93. The lowest BCUT2D eigenvalue weighted by atomic mass is 10.2. The van der Waals surface area contributed by atoms with Crippen molar-refractivity contribution in [2.45, 2.75) is 6.42 Å². The fraction of sp³-hybridized carbons (Fsp3) is 0.182. The van der Waals surface area contributed by atoms with Gasteiger partial charge < -0.3 is 5.32 Å². The SMILES string of the molecule is c1ccc(-c2nc3c(s2)CCN3)cc1. The van der Waals surface area contributed by atoms with Crippen molar-refractivity contribution in [1.29, 1.82) is 0 Å². The van der Waals surface area contributed by atoms with E-state index in [4.69, 9.17) is 0 Å². The van der Waals surface area contributed by atoms with E-state index in [1.807, 2.05) is 6.07 Å². The average molecular weight is 202 g/mol. The normalized spacial score (nSPS) is 13.7. The summed E-state index contributed by atoms with van der Waals surface area (Å²) in [5.74, 6) is 1.09. The number of hydrogen-bond acceptors (Lipinski definition) is 3. The summed E-state index contributed by atoms with van der Waals surface area (Å²) in [4.78, 5) is 5.96. The summed E-state index contributed by atoms with van der Waals surface area (Å²) in [6, 6.07) is 10.3. The van der Waals surface area contributed by atoms with E-state index < -0.39 is 0 Å². The summed E-state index contributed by atoms with van der Waals surface area (Å²) in [7, 11) is 0. The minimum Gasteiger partial charge on any atom is -0.369 e. The van der Waals surface area contributed by atoms with Crippen molar-refractivity contribution >= 4 is 17.2 Å². The molecule has 0 aliphatic carbocycles. The quantitative estimate of drug-likeness (QED) is 0.769. The van der Waals surface area contributed by atoms with Crippen molar-refractivity contribution in [3.05, 3.63) is 35.2 Å². The Balaban J connectivity index is 2.06. The fourth-order valence-corrected chi connectivity index (χ4v) is 2.70. The second kappa shape index (κ2) is 3.10. The van der Waals surface area contributed by atoms with Crippen LogP contribution >= 0.6 is 11.3 Å². The molecule has 0 unspecified atom stereocenters. The standard InChI is InChI=1S/C11H10N2S/c1-2-4-8(5-3-1)11-13-10-9(14-11)6-7-12-10/h1-5,12H,6-7H2. The van der Waals surface area contributed by atoms with Crippen LogP contribution in [0.4, 0.5) is 5.82 Å². The molecule has 2 aromatic rings. The Bertz CT molecular complexity index is 426. The second-order valence-corrected chi connectivity index (χ2v) is 4.42. The highest BCUT2D eigenvalue weighted by Gasteiger charge is 2.16. The Hall–Kier alpha value is -1.35. The van der Waals surface area contributed by atoms with Gasteiger partial charge in [0.05, 0.1) is 4.88 Å². The molecule has 1 aliphatic rings. The van der Waals surface area contributed by atoms with Gasteiger partial charge in [-0.15, -0.1) is 11.3 Å². The van der Waals surface area contributed by atoms with E-state index >= 15 is 0 Å². The van der Waals surface area contributed by atoms with Crippen LogP contribution in [0, 0.1) is 0 Å². The van der Waals surface area contributed by atoms with Gasteiger partial charge in [-0.25, -0.2) is 4.98 Å². The van der Waals surface area contributed by atoms with Gasteiger partial charge in [-0.1, -0.05) is 30.3 Å². The van der Waals surface area contributed by atoms with Crippen molar-refractivity contribution in [1.82, 2.24) is 4.98 Å². The molecule has 0 spiro atoms. The van der Waals surface area contributed by atoms with Crippen molar-refractivity contribution < 1.29 is 0 Å². The van der Waals surface area contributed by atoms with Crippen LogP contribution < -0.4 is 5.32 Å².